The van der Waals surface area contributed by atoms with E-state index in [1.54, 1.807) is 24.3 Å². The Morgan fingerprint density at radius 2 is 1.69 bits per heavy atom. The van der Waals surface area contributed by atoms with E-state index in [0.29, 0.717) is 35.3 Å². The van der Waals surface area contributed by atoms with Gasteiger partial charge >= 0.3 is 6.18 Å². The van der Waals surface area contributed by atoms with Crippen LogP contribution in [0.4, 0.5) is 13.2 Å². The predicted molar refractivity (Wildman–Crippen MR) is 92.4 cm³/mol. The molecule has 3 rings (SSSR count). The molecule has 0 bridgehead atoms. The largest absolute Gasteiger partial charge is 0.435 e. The predicted octanol–water partition coefficient (Wildman–Crippen LogP) is 4.30. The van der Waals surface area contributed by atoms with Crippen LogP contribution >= 0.6 is 0 Å². The molecule has 1 N–H and O–H groups in total. The minimum Gasteiger partial charge on any atom is -0.347 e. The van der Waals surface area contributed by atoms with Crippen LogP contribution in [0.5, 0.6) is 0 Å². The van der Waals surface area contributed by atoms with Crippen molar-refractivity contribution >= 4 is 5.91 Å². The van der Waals surface area contributed by atoms with Gasteiger partial charge < -0.3 is 5.32 Å². The quantitative estimate of drug-likeness (QED) is 0.863. The number of fused-ring (bicyclic) bond motifs is 1. The van der Waals surface area contributed by atoms with Crippen molar-refractivity contribution in [1.29, 1.82) is 0 Å². The molecule has 26 heavy (non-hydrogen) atoms. The zero-order chi connectivity index (χ0) is 19.1. The van der Waals surface area contributed by atoms with Crippen molar-refractivity contribution < 1.29 is 18.0 Å². The number of halogens is 3. The number of aromatic nitrogens is 2. The molecule has 1 aromatic heterocycles. The van der Waals surface area contributed by atoms with Crippen LogP contribution in [0.15, 0.2) is 24.3 Å². The number of rotatable bonds is 2. The molecular weight excluding hydrogens is 343 g/mol. The first kappa shape index (κ1) is 18.5. The van der Waals surface area contributed by atoms with E-state index in [2.05, 4.69) is 10.4 Å². The van der Waals surface area contributed by atoms with Crippen LogP contribution in [-0.2, 0) is 19.0 Å². The average Bonchev–Trinajstić information content (AvgIpc) is 2.93. The lowest BCUT2D eigenvalue weighted by molar-refractivity contribution is -0.142. The summed E-state index contributed by atoms with van der Waals surface area (Å²) in [7, 11) is 0. The number of benzene rings is 1. The molecule has 0 unspecified atom stereocenters. The fourth-order valence-electron chi connectivity index (χ4n) is 3.21. The maximum Gasteiger partial charge on any atom is 0.435 e. The monoisotopic (exact) mass is 365 g/mol. The summed E-state index contributed by atoms with van der Waals surface area (Å²) in [4.78, 5) is 12.2. The summed E-state index contributed by atoms with van der Waals surface area (Å²) in [6, 6.07) is 6.50. The van der Waals surface area contributed by atoms with Gasteiger partial charge in [0.05, 0.1) is 5.69 Å². The molecule has 2 aromatic rings. The van der Waals surface area contributed by atoms with Gasteiger partial charge in [-0.25, -0.2) is 4.68 Å². The van der Waals surface area contributed by atoms with Gasteiger partial charge in [0.1, 0.15) is 0 Å². The van der Waals surface area contributed by atoms with Gasteiger partial charge in [-0.3, -0.25) is 4.79 Å². The Bertz CT molecular complexity index is 814. The zero-order valence-electron chi connectivity index (χ0n) is 15.1. The molecule has 7 heteroatoms. The minimum absolute atomic E-state index is 0.220. The molecule has 140 valence electrons. The van der Waals surface area contributed by atoms with E-state index in [1.807, 2.05) is 20.8 Å². The van der Waals surface area contributed by atoms with Gasteiger partial charge in [0.2, 0.25) is 0 Å². The molecule has 1 heterocycles. The fourth-order valence-corrected chi connectivity index (χ4v) is 3.21. The summed E-state index contributed by atoms with van der Waals surface area (Å²) in [6.07, 6.45) is -1.89. The summed E-state index contributed by atoms with van der Waals surface area (Å²) in [6.45, 7) is 5.65. The molecule has 0 aliphatic heterocycles. The number of hydrogen-bond acceptors (Lipinski definition) is 2. The van der Waals surface area contributed by atoms with Crippen molar-refractivity contribution in [1.82, 2.24) is 15.1 Å². The third-order valence-electron chi connectivity index (χ3n) is 4.31. The highest BCUT2D eigenvalue weighted by molar-refractivity contribution is 5.94. The van der Waals surface area contributed by atoms with Gasteiger partial charge in [-0.05, 0) is 70.7 Å². The van der Waals surface area contributed by atoms with Crippen molar-refractivity contribution in [2.45, 2.75) is 58.2 Å². The Labute approximate surface area is 150 Å². The van der Waals surface area contributed by atoms with Crippen LogP contribution in [0.25, 0.3) is 5.69 Å². The van der Waals surface area contributed by atoms with Gasteiger partial charge in [0.25, 0.3) is 5.91 Å². The number of amides is 1. The third-order valence-corrected chi connectivity index (χ3v) is 4.31. The van der Waals surface area contributed by atoms with Crippen LogP contribution in [0, 0.1) is 0 Å². The van der Waals surface area contributed by atoms with Gasteiger partial charge in [0.15, 0.2) is 5.69 Å². The Kier molecular flexibility index (Phi) is 4.58. The maximum absolute atomic E-state index is 13.3. The molecule has 0 spiro atoms. The lowest BCUT2D eigenvalue weighted by atomic mass is 9.95. The number of alkyl halides is 3. The van der Waals surface area contributed by atoms with Crippen molar-refractivity contribution in [3.05, 3.63) is 46.8 Å². The lowest BCUT2D eigenvalue weighted by Gasteiger charge is -2.20. The highest BCUT2D eigenvalue weighted by Gasteiger charge is 2.39. The van der Waals surface area contributed by atoms with Crippen LogP contribution < -0.4 is 5.32 Å². The Morgan fingerprint density at radius 1 is 1.08 bits per heavy atom. The molecule has 0 radical (unpaired) electrons. The SMILES string of the molecule is CC(C)(C)NC(=O)c1ccc(-n2nc(C(F)(F)F)c3c2CCCC3)cc1. The second kappa shape index (κ2) is 6.45. The Hall–Kier alpha value is -2.31. The normalized spacial score (nSPS) is 14.8. The van der Waals surface area contributed by atoms with Crippen molar-refractivity contribution in [2.24, 2.45) is 0 Å². The fraction of sp³-hybridized carbons (Fsp3) is 0.474. The number of nitrogens with zero attached hydrogens (tertiary/aromatic N) is 2. The van der Waals surface area contributed by atoms with Gasteiger partial charge in [0, 0.05) is 22.4 Å². The number of hydrogen-bond donors (Lipinski definition) is 1. The van der Waals surface area contributed by atoms with E-state index in [-0.39, 0.29) is 11.4 Å². The van der Waals surface area contributed by atoms with E-state index in [0.717, 1.165) is 12.8 Å². The van der Waals surface area contributed by atoms with E-state index >= 15 is 0 Å². The first-order valence-corrected chi connectivity index (χ1v) is 8.67. The smallest absolute Gasteiger partial charge is 0.347 e. The third kappa shape index (κ3) is 3.76. The second-order valence-electron chi connectivity index (χ2n) is 7.64. The molecule has 0 saturated carbocycles. The molecule has 0 saturated heterocycles. The second-order valence-corrected chi connectivity index (χ2v) is 7.64. The van der Waals surface area contributed by atoms with Crippen LogP contribution in [0.1, 0.15) is 60.9 Å². The average molecular weight is 365 g/mol. The summed E-state index contributed by atoms with van der Waals surface area (Å²) in [5.74, 6) is -0.220. The highest BCUT2D eigenvalue weighted by atomic mass is 19.4. The van der Waals surface area contributed by atoms with Crippen LogP contribution in [0.3, 0.4) is 0 Å². The molecule has 4 nitrogen and oxygen atoms in total. The van der Waals surface area contributed by atoms with Crippen LogP contribution in [-0.4, -0.2) is 21.2 Å². The summed E-state index contributed by atoms with van der Waals surface area (Å²) >= 11 is 0. The number of nitrogens with one attached hydrogen (secondary N) is 1. The van der Waals surface area contributed by atoms with Gasteiger partial charge in [-0.2, -0.15) is 18.3 Å². The van der Waals surface area contributed by atoms with E-state index in [4.69, 9.17) is 0 Å². The minimum atomic E-state index is -4.46. The van der Waals surface area contributed by atoms with Crippen LogP contribution in [0.2, 0.25) is 0 Å². The van der Waals surface area contributed by atoms with E-state index in [9.17, 15) is 18.0 Å². The highest BCUT2D eigenvalue weighted by Crippen LogP contribution is 2.36. The zero-order valence-corrected chi connectivity index (χ0v) is 15.1. The molecule has 1 aromatic carbocycles. The van der Waals surface area contributed by atoms with Crippen molar-refractivity contribution in [2.75, 3.05) is 0 Å². The first-order valence-electron chi connectivity index (χ1n) is 8.67. The molecular formula is C19H22F3N3O. The molecule has 0 atom stereocenters. The van der Waals surface area contributed by atoms with Gasteiger partial charge in [-0.15, -0.1) is 0 Å². The molecule has 1 aliphatic rings. The topological polar surface area (TPSA) is 46.9 Å². The van der Waals surface area contributed by atoms with E-state index < -0.39 is 11.9 Å². The lowest BCUT2D eigenvalue weighted by Crippen LogP contribution is -2.40. The maximum atomic E-state index is 13.3. The van der Waals surface area contributed by atoms with Crippen molar-refractivity contribution in [3.63, 3.8) is 0 Å². The Morgan fingerprint density at radius 3 is 2.27 bits per heavy atom. The number of carbonyl (C=O) groups is 1. The standard InChI is InChI=1S/C19H22F3N3O/c1-18(2,3)23-17(26)12-8-10-13(11-9-12)25-15-7-5-4-6-14(15)16(24-25)19(20,21)22/h8-11H,4-7H2,1-3H3,(H,23,26). The molecule has 1 aliphatic carbocycles. The Balaban J connectivity index is 1.95. The summed E-state index contributed by atoms with van der Waals surface area (Å²) in [5, 5.41) is 6.72. The van der Waals surface area contributed by atoms with E-state index in [1.165, 1.54) is 4.68 Å². The molecule has 1 amide bonds. The van der Waals surface area contributed by atoms with Gasteiger partial charge in [-0.1, -0.05) is 0 Å². The first-order chi connectivity index (χ1) is 12.1. The summed E-state index contributed by atoms with van der Waals surface area (Å²) in [5.41, 5.74) is 0.764. The van der Waals surface area contributed by atoms with Crippen molar-refractivity contribution in [3.8, 4) is 5.69 Å². The number of carbonyl (C=O) groups excluding carboxylic acids is 1. The molecule has 0 fully saturated rings. The summed E-state index contributed by atoms with van der Waals surface area (Å²) < 4.78 is 41.3.